The molecule has 2 aromatic carbocycles. The lowest BCUT2D eigenvalue weighted by Gasteiger charge is -2.30. The van der Waals surface area contributed by atoms with Crippen LogP contribution in [0.2, 0.25) is 0 Å². The largest absolute Gasteiger partial charge is 0.358 e. The Morgan fingerprint density at radius 2 is 1.75 bits per heavy atom. The van der Waals surface area contributed by atoms with Crippen LogP contribution in [0.25, 0.3) is 21.9 Å². The van der Waals surface area contributed by atoms with Crippen LogP contribution in [0.3, 0.4) is 0 Å². The number of fused-ring (bicyclic) bond motifs is 4. The minimum absolute atomic E-state index is 0.234. The number of nitrogens with zero attached hydrogens (tertiary/aromatic N) is 4. The number of para-hydroxylation sites is 3. The number of H-pyrrole nitrogens is 2. The van der Waals surface area contributed by atoms with E-state index >= 15 is 0 Å². The average molecular weight is 429 g/mol. The van der Waals surface area contributed by atoms with Crippen LogP contribution < -0.4 is 4.90 Å². The molecular formula is C25H28N6O. The van der Waals surface area contributed by atoms with Gasteiger partial charge in [0.2, 0.25) is 11.9 Å². The fraction of sp³-hybridized carbons (Fsp3) is 0.360. The molecule has 0 saturated carbocycles. The molecule has 7 heteroatoms. The lowest BCUT2D eigenvalue weighted by molar-refractivity contribution is -0.133. The van der Waals surface area contributed by atoms with Gasteiger partial charge in [-0.15, -0.1) is 0 Å². The molecule has 2 aromatic heterocycles. The highest BCUT2D eigenvalue weighted by molar-refractivity contribution is 5.86. The first kappa shape index (κ1) is 19.4. The Balaban J connectivity index is 1.10. The Morgan fingerprint density at radius 1 is 0.906 bits per heavy atom. The molecule has 1 amide bonds. The number of hydrogen-bond acceptors (Lipinski definition) is 4. The summed E-state index contributed by atoms with van der Waals surface area (Å²) in [6.45, 7) is 5.62. The summed E-state index contributed by atoms with van der Waals surface area (Å²) in [5.74, 6) is 1.17. The predicted molar refractivity (Wildman–Crippen MR) is 127 cm³/mol. The number of hydrogen-bond donors (Lipinski definition) is 2. The third-order valence-electron chi connectivity index (χ3n) is 6.86. The van der Waals surface area contributed by atoms with E-state index in [9.17, 15) is 4.79 Å². The van der Waals surface area contributed by atoms with Gasteiger partial charge in [0.25, 0.3) is 0 Å². The van der Waals surface area contributed by atoms with Crippen LogP contribution in [-0.4, -0.2) is 69.9 Å². The molecule has 4 heterocycles. The number of carbonyl (C=O) groups excluding carboxylic acids is 1. The van der Waals surface area contributed by atoms with Crippen LogP contribution in [0.15, 0.2) is 48.5 Å². The van der Waals surface area contributed by atoms with Crippen molar-refractivity contribution in [1.29, 1.82) is 0 Å². The SMILES string of the molecule is O=C(CN1CCCN(c2nc3ccccc3[nH]2)CC1)N1CCc2[nH]c3ccccc3c2C1. The number of carbonyl (C=O) groups is 1. The van der Waals surface area contributed by atoms with Gasteiger partial charge >= 0.3 is 0 Å². The summed E-state index contributed by atoms with van der Waals surface area (Å²) in [6, 6.07) is 16.5. The Hall–Kier alpha value is -3.32. The number of imidazole rings is 1. The minimum Gasteiger partial charge on any atom is -0.358 e. The van der Waals surface area contributed by atoms with Crippen molar-refractivity contribution in [3.8, 4) is 0 Å². The van der Waals surface area contributed by atoms with Crippen LogP contribution in [0.4, 0.5) is 5.95 Å². The Bertz CT molecular complexity index is 1240. The molecule has 0 bridgehead atoms. The van der Waals surface area contributed by atoms with Gasteiger partial charge in [0, 0.05) is 67.8 Å². The highest BCUT2D eigenvalue weighted by atomic mass is 16.2. The fourth-order valence-electron chi connectivity index (χ4n) is 5.10. The summed E-state index contributed by atoms with van der Waals surface area (Å²) < 4.78 is 0. The number of aromatic nitrogens is 3. The lowest BCUT2D eigenvalue weighted by Crippen LogP contribution is -2.43. The maximum absolute atomic E-state index is 13.2. The van der Waals surface area contributed by atoms with Gasteiger partial charge in [0.05, 0.1) is 17.6 Å². The van der Waals surface area contributed by atoms with E-state index in [1.807, 2.05) is 23.1 Å². The second-order valence-electron chi connectivity index (χ2n) is 8.89. The van der Waals surface area contributed by atoms with E-state index < -0.39 is 0 Å². The molecule has 0 atom stereocenters. The molecule has 4 aromatic rings. The standard InChI is InChI=1S/C25H28N6O/c32-24(31-13-10-21-19(16-31)18-6-1-2-7-20(18)26-21)17-29-11-5-12-30(15-14-29)25-27-22-8-3-4-9-23(22)28-25/h1-4,6-9,26H,5,10-17H2,(H,27,28). The highest BCUT2D eigenvalue weighted by Gasteiger charge is 2.26. The maximum Gasteiger partial charge on any atom is 0.237 e. The fourth-order valence-corrected chi connectivity index (χ4v) is 5.10. The zero-order chi connectivity index (χ0) is 21.5. The number of anilines is 1. The molecule has 2 aliphatic rings. The number of aromatic amines is 2. The van der Waals surface area contributed by atoms with Crippen molar-refractivity contribution in [2.75, 3.05) is 44.2 Å². The molecule has 1 saturated heterocycles. The van der Waals surface area contributed by atoms with Gasteiger partial charge in [0.1, 0.15) is 0 Å². The van der Waals surface area contributed by atoms with E-state index in [0.29, 0.717) is 13.1 Å². The van der Waals surface area contributed by atoms with Crippen LogP contribution in [0.1, 0.15) is 17.7 Å². The van der Waals surface area contributed by atoms with Crippen molar-refractivity contribution in [2.24, 2.45) is 0 Å². The number of nitrogens with one attached hydrogen (secondary N) is 2. The van der Waals surface area contributed by atoms with Crippen molar-refractivity contribution in [3.05, 3.63) is 59.8 Å². The summed E-state index contributed by atoms with van der Waals surface area (Å²) in [7, 11) is 0. The van der Waals surface area contributed by atoms with Gasteiger partial charge in [0.15, 0.2) is 0 Å². The van der Waals surface area contributed by atoms with Crippen molar-refractivity contribution in [2.45, 2.75) is 19.4 Å². The van der Waals surface area contributed by atoms with E-state index in [1.165, 1.54) is 22.2 Å². The molecule has 0 spiro atoms. The summed E-state index contributed by atoms with van der Waals surface area (Å²) in [4.78, 5) is 31.5. The van der Waals surface area contributed by atoms with Crippen molar-refractivity contribution in [1.82, 2.24) is 24.8 Å². The van der Waals surface area contributed by atoms with Gasteiger partial charge in [-0.2, -0.15) is 0 Å². The highest BCUT2D eigenvalue weighted by Crippen LogP contribution is 2.27. The summed E-state index contributed by atoms with van der Waals surface area (Å²) in [5.41, 5.74) is 5.81. The first-order valence-corrected chi connectivity index (χ1v) is 11.5. The van der Waals surface area contributed by atoms with E-state index in [0.717, 1.165) is 62.5 Å². The normalized spacial score (nSPS) is 17.6. The van der Waals surface area contributed by atoms with Gasteiger partial charge in [-0.25, -0.2) is 4.98 Å². The number of amides is 1. The molecule has 2 aliphatic heterocycles. The smallest absolute Gasteiger partial charge is 0.237 e. The maximum atomic E-state index is 13.2. The monoisotopic (exact) mass is 428 g/mol. The van der Waals surface area contributed by atoms with E-state index in [-0.39, 0.29) is 5.91 Å². The van der Waals surface area contributed by atoms with Crippen LogP contribution in [0, 0.1) is 0 Å². The average Bonchev–Trinajstić information content (AvgIpc) is 3.34. The number of benzene rings is 2. The topological polar surface area (TPSA) is 71.3 Å². The third kappa shape index (κ3) is 3.52. The summed E-state index contributed by atoms with van der Waals surface area (Å²) in [6.07, 6.45) is 1.92. The Morgan fingerprint density at radius 3 is 2.66 bits per heavy atom. The molecule has 6 rings (SSSR count). The molecule has 2 N–H and O–H groups in total. The summed E-state index contributed by atoms with van der Waals surface area (Å²) in [5, 5.41) is 1.25. The van der Waals surface area contributed by atoms with Gasteiger partial charge in [-0.3, -0.25) is 9.69 Å². The zero-order valence-electron chi connectivity index (χ0n) is 18.2. The summed E-state index contributed by atoms with van der Waals surface area (Å²) >= 11 is 0. The van der Waals surface area contributed by atoms with Crippen LogP contribution in [-0.2, 0) is 17.8 Å². The molecule has 32 heavy (non-hydrogen) atoms. The molecule has 0 aliphatic carbocycles. The van der Waals surface area contributed by atoms with Crippen molar-refractivity contribution < 1.29 is 4.79 Å². The molecule has 7 nitrogen and oxygen atoms in total. The lowest BCUT2D eigenvalue weighted by atomic mass is 10.0. The van der Waals surface area contributed by atoms with Crippen LogP contribution in [0.5, 0.6) is 0 Å². The number of rotatable bonds is 3. The molecular weight excluding hydrogens is 400 g/mol. The van der Waals surface area contributed by atoms with Crippen molar-refractivity contribution >= 4 is 33.8 Å². The Kier molecular flexibility index (Phi) is 4.83. The molecule has 0 unspecified atom stereocenters. The van der Waals surface area contributed by atoms with E-state index in [1.54, 1.807) is 0 Å². The predicted octanol–water partition coefficient (Wildman–Crippen LogP) is 3.14. The Labute approximate surface area is 187 Å². The van der Waals surface area contributed by atoms with Crippen molar-refractivity contribution in [3.63, 3.8) is 0 Å². The second kappa shape index (κ2) is 7.98. The third-order valence-corrected chi connectivity index (χ3v) is 6.86. The molecule has 1 fully saturated rings. The molecule has 0 radical (unpaired) electrons. The first-order valence-electron chi connectivity index (χ1n) is 11.5. The first-order chi connectivity index (χ1) is 15.7. The van der Waals surface area contributed by atoms with Crippen LogP contribution >= 0.6 is 0 Å². The quantitative estimate of drug-likeness (QED) is 0.526. The van der Waals surface area contributed by atoms with E-state index in [2.05, 4.69) is 50.1 Å². The second-order valence-corrected chi connectivity index (χ2v) is 8.89. The van der Waals surface area contributed by atoms with Gasteiger partial charge in [-0.05, 0) is 24.6 Å². The van der Waals surface area contributed by atoms with Gasteiger partial charge in [-0.1, -0.05) is 30.3 Å². The van der Waals surface area contributed by atoms with E-state index in [4.69, 9.17) is 4.98 Å². The minimum atomic E-state index is 0.234. The zero-order valence-corrected chi connectivity index (χ0v) is 18.2. The molecule has 164 valence electrons. The van der Waals surface area contributed by atoms with Gasteiger partial charge < -0.3 is 19.8 Å².